The summed E-state index contributed by atoms with van der Waals surface area (Å²) < 4.78 is 51.9. The Morgan fingerprint density at radius 3 is 2.46 bits per heavy atom. The lowest BCUT2D eigenvalue weighted by molar-refractivity contribution is -0.202. The van der Waals surface area contributed by atoms with E-state index in [1.54, 1.807) is 4.90 Å². The number of likely N-dealkylation sites (tertiary alicyclic amines) is 1. The standard InChI is InChI=1S/C17H16Cl2F3N3O3/c1-27-14(26)16(17(20,21)22)23-13(11-6-5-10(18)9-12(11)19)28-15(24-16)25-7-3-2-4-8-25/h5-6,9H,2-4,7-8H2,1H3/t16-/m1/s1. The highest BCUT2D eigenvalue weighted by molar-refractivity contribution is 6.37. The third-order valence-corrected chi connectivity index (χ3v) is 4.91. The van der Waals surface area contributed by atoms with Gasteiger partial charge in [0, 0.05) is 18.1 Å². The Morgan fingerprint density at radius 2 is 1.89 bits per heavy atom. The number of carbonyl (C=O) groups excluding carboxylic acids is 1. The fourth-order valence-electron chi connectivity index (χ4n) is 2.92. The monoisotopic (exact) mass is 437 g/mol. The molecule has 0 aliphatic carbocycles. The number of hydrogen-bond acceptors (Lipinski definition) is 6. The Labute approximate surface area is 168 Å². The van der Waals surface area contributed by atoms with E-state index in [1.807, 2.05) is 0 Å². The Kier molecular flexibility index (Phi) is 5.77. The molecule has 2 heterocycles. The molecular weight excluding hydrogens is 422 g/mol. The first-order valence-corrected chi connectivity index (χ1v) is 9.16. The van der Waals surface area contributed by atoms with Crippen LogP contribution in [-0.2, 0) is 14.3 Å². The van der Waals surface area contributed by atoms with Crippen molar-refractivity contribution >= 4 is 41.1 Å². The fraction of sp³-hybridized carbons (Fsp3) is 0.471. The molecule has 1 atom stereocenters. The van der Waals surface area contributed by atoms with Crippen LogP contribution >= 0.6 is 23.2 Å². The minimum absolute atomic E-state index is 0.0204. The lowest BCUT2D eigenvalue weighted by atomic mass is 10.1. The van der Waals surface area contributed by atoms with Crippen LogP contribution < -0.4 is 0 Å². The molecule has 3 rings (SSSR count). The molecule has 152 valence electrons. The van der Waals surface area contributed by atoms with Gasteiger partial charge in [-0.3, -0.25) is 0 Å². The number of aliphatic imine (C=N–C) groups is 2. The largest absolute Gasteiger partial charge is 0.465 e. The van der Waals surface area contributed by atoms with Crippen LogP contribution in [0.25, 0.3) is 0 Å². The summed E-state index contributed by atoms with van der Waals surface area (Å²) in [4.78, 5) is 20.8. The molecule has 1 fully saturated rings. The average molecular weight is 438 g/mol. The number of benzene rings is 1. The fourth-order valence-corrected chi connectivity index (χ4v) is 3.41. The number of amidine groups is 1. The lowest BCUT2D eigenvalue weighted by Gasteiger charge is -2.35. The SMILES string of the molecule is COC(=O)[C@@]1(C(F)(F)F)N=C(c2ccc(Cl)cc2Cl)OC(N2CCCCC2)=N1. The molecule has 0 unspecified atom stereocenters. The number of nitrogens with zero attached hydrogens (tertiary/aromatic N) is 3. The molecule has 11 heteroatoms. The smallest absolute Gasteiger partial charge is 0.446 e. The van der Waals surface area contributed by atoms with Crippen molar-refractivity contribution in [3.63, 3.8) is 0 Å². The van der Waals surface area contributed by atoms with Gasteiger partial charge in [0.1, 0.15) is 0 Å². The van der Waals surface area contributed by atoms with Gasteiger partial charge in [-0.2, -0.15) is 23.2 Å². The van der Waals surface area contributed by atoms with E-state index in [1.165, 1.54) is 18.2 Å². The minimum Gasteiger partial charge on any atom is -0.465 e. The Bertz CT molecular complexity index is 839. The van der Waals surface area contributed by atoms with E-state index >= 15 is 0 Å². The number of ether oxygens (including phenoxy) is 2. The van der Waals surface area contributed by atoms with E-state index in [9.17, 15) is 18.0 Å². The molecule has 2 aliphatic heterocycles. The summed E-state index contributed by atoms with van der Waals surface area (Å²) in [5.74, 6) is -2.15. The molecule has 28 heavy (non-hydrogen) atoms. The average Bonchev–Trinajstić information content (AvgIpc) is 2.66. The molecule has 0 saturated carbocycles. The van der Waals surface area contributed by atoms with Crippen LogP contribution in [0.2, 0.25) is 10.0 Å². The zero-order valence-corrected chi connectivity index (χ0v) is 16.2. The zero-order chi connectivity index (χ0) is 20.5. The number of methoxy groups -OCH3 is 1. The molecule has 6 nitrogen and oxygen atoms in total. The predicted molar refractivity (Wildman–Crippen MR) is 97.7 cm³/mol. The minimum atomic E-state index is -5.16. The van der Waals surface area contributed by atoms with Crippen molar-refractivity contribution in [2.75, 3.05) is 20.2 Å². The highest BCUT2D eigenvalue weighted by Crippen LogP contribution is 2.40. The van der Waals surface area contributed by atoms with Gasteiger partial charge < -0.3 is 14.4 Å². The van der Waals surface area contributed by atoms with Crippen LogP contribution in [0.3, 0.4) is 0 Å². The van der Waals surface area contributed by atoms with Gasteiger partial charge in [-0.25, -0.2) is 4.79 Å². The first kappa shape index (κ1) is 20.7. The van der Waals surface area contributed by atoms with Gasteiger partial charge >= 0.3 is 17.8 Å². The van der Waals surface area contributed by atoms with Crippen molar-refractivity contribution in [3.05, 3.63) is 33.8 Å². The molecule has 1 aromatic rings. The topological polar surface area (TPSA) is 63.5 Å². The first-order chi connectivity index (χ1) is 13.2. The highest BCUT2D eigenvalue weighted by Gasteiger charge is 2.65. The summed E-state index contributed by atoms with van der Waals surface area (Å²) in [6.07, 6.45) is -2.70. The van der Waals surface area contributed by atoms with Crippen LogP contribution in [-0.4, -0.2) is 54.8 Å². The van der Waals surface area contributed by atoms with Crippen LogP contribution in [0, 0.1) is 0 Å². The second kappa shape index (κ2) is 7.79. The maximum atomic E-state index is 14.0. The quantitative estimate of drug-likeness (QED) is 0.654. The molecule has 0 spiro atoms. The van der Waals surface area contributed by atoms with Gasteiger partial charge in [0.05, 0.1) is 17.7 Å². The normalized spacial score (nSPS) is 22.9. The summed E-state index contributed by atoms with van der Waals surface area (Å²) in [5.41, 5.74) is -3.43. The summed E-state index contributed by atoms with van der Waals surface area (Å²) in [6.45, 7) is 0.880. The molecular formula is C17H16Cl2F3N3O3. The van der Waals surface area contributed by atoms with E-state index in [-0.39, 0.29) is 21.6 Å². The van der Waals surface area contributed by atoms with Gasteiger partial charge in [-0.05, 0) is 37.5 Å². The highest BCUT2D eigenvalue weighted by atomic mass is 35.5. The van der Waals surface area contributed by atoms with E-state index in [2.05, 4.69) is 14.7 Å². The third kappa shape index (κ3) is 3.77. The van der Waals surface area contributed by atoms with E-state index in [4.69, 9.17) is 27.9 Å². The molecule has 0 aromatic heterocycles. The van der Waals surface area contributed by atoms with Gasteiger partial charge in [-0.1, -0.05) is 23.2 Å². The molecule has 0 N–H and O–H groups in total. The first-order valence-electron chi connectivity index (χ1n) is 8.41. The number of alkyl halides is 3. The van der Waals surface area contributed by atoms with Crippen molar-refractivity contribution in [3.8, 4) is 0 Å². The van der Waals surface area contributed by atoms with Crippen LogP contribution in [0.15, 0.2) is 28.2 Å². The number of hydrogen-bond donors (Lipinski definition) is 0. The molecule has 1 saturated heterocycles. The van der Waals surface area contributed by atoms with Crippen molar-refractivity contribution in [2.24, 2.45) is 9.98 Å². The van der Waals surface area contributed by atoms with Crippen molar-refractivity contribution in [1.29, 1.82) is 0 Å². The second-order valence-electron chi connectivity index (χ2n) is 6.25. The second-order valence-corrected chi connectivity index (χ2v) is 7.09. The molecule has 2 aliphatic rings. The molecule has 0 amide bonds. The zero-order valence-electron chi connectivity index (χ0n) is 14.7. The predicted octanol–water partition coefficient (Wildman–Crippen LogP) is 4.04. The van der Waals surface area contributed by atoms with Crippen LogP contribution in [0.4, 0.5) is 13.2 Å². The van der Waals surface area contributed by atoms with Gasteiger partial charge in [0.25, 0.3) is 6.02 Å². The molecule has 0 radical (unpaired) electrons. The molecule has 1 aromatic carbocycles. The maximum Gasteiger partial charge on any atom is 0.446 e. The summed E-state index contributed by atoms with van der Waals surface area (Å²) in [7, 11) is 0.839. The Hall–Kier alpha value is -2.00. The number of carbonyl (C=O) groups is 1. The Morgan fingerprint density at radius 1 is 1.21 bits per heavy atom. The maximum absolute atomic E-state index is 14.0. The van der Waals surface area contributed by atoms with Gasteiger partial charge in [0.2, 0.25) is 5.90 Å². The lowest BCUT2D eigenvalue weighted by Crippen LogP contribution is -2.55. The number of piperidine rings is 1. The number of rotatable bonds is 2. The summed E-state index contributed by atoms with van der Waals surface area (Å²) in [5, 5.41) is 0.303. The van der Waals surface area contributed by atoms with Crippen LogP contribution in [0.5, 0.6) is 0 Å². The number of esters is 1. The van der Waals surface area contributed by atoms with E-state index < -0.39 is 23.7 Å². The molecule has 0 bridgehead atoms. The summed E-state index contributed by atoms with van der Waals surface area (Å²) >= 11 is 12.0. The van der Waals surface area contributed by atoms with Gasteiger partial charge in [0.15, 0.2) is 0 Å². The van der Waals surface area contributed by atoms with E-state index in [0.717, 1.165) is 26.4 Å². The summed E-state index contributed by atoms with van der Waals surface area (Å²) in [6, 6.07) is 3.78. The van der Waals surface area contributed by atoms with Crippen molar-refractivity contribution in [1.82, 2.24) is 4.90 Å². The Balaban J connectivity index is 2.17. The van der Waals surface area contributed by atoms with Gasteiger partial charge in [-0.15, -0.1) is 0 Å². The van der Waals surface area contributed by atoms with Crippen LogP contribution in [0.1, 0.15) is 24.8 Å². The van der Waals surface area contributed by atoms with Crippen molar-refractivity contribution in [2.45, 2.75) is 31.1 Å². The number of halogens is 5. The van der Waals surface area contributed by atoms with Crippen molar-refractivity contribution < 1.29 is 27.4 Å². The third-order valence-electron chi connectivity index (χ3n) is 4.36. The van der Waals surface area contributed by atoms with E-state index in [0.29, 0.717) is 13.1 Å².